The number of carbonyl (C=O) groups excluding carboxylic acids is 3. The molecule has 0 bridgehead atoms. The van der Waals surface area contributed by atoms with Crippen molar-refractivity contribution in [3.05, 3.63) is 45.9 Å². The first kappa shape index (κ1) is 20.8. The Bertz CT molecular complexity index is 1120. The van der Waals surface area contributed by atoms with E-state index in [-0.39, 0.29) is 27.4 Å². The second-order valence-corrected chi connectivity index (χ2v) is 7.71. The van der Waals surface area contributed by atoms with Crippen molar-refractivity contribution in [2.24, 2.45) is 0 Å². The van der Waals surface area contributed by atoms with E-state index in [2.05, 4.69) is 10.7 Å². The highest BCUT2D eigenvalue weighted by Crippen LogP contribution is 2.41. The summed E-state index contributed by atoms with van der Waals surface area (Å²) in [6.07, 6.45) is 1.91. The van der Waals surface area contributed by atoms with E-state index in [1.807, 2.05) is 11.4 Å². The molecule has 158 valence electrons. The lowest BCUT2D eigenvalue weighted by Gasteiger charge is -2.32. The number of imide groups is 1. The van der Waals surface area contributed by atoms with Gasteiger partial charge >= 0.3 is 6.03 Å². The number of aryl methyl sites for hydroxylation is 1. The van der Waals surface area contributed by atoms with E-state index >= 15 is 0 Å². The van der Waals surface area contributed by atoms with Crippen molar-refractivity contribution < 1.29 is 19.1 Å². The number of rotatable bonds is 3. The molecule has 0 aliphatic carbocycles. The third-order valence-electron chi connectivity index (χ3n) is 4.77. The van der Waals surface area contributed by atoms with Crippen LogP contribution < -0.4 is 25.8 Å². The van der Waals surface area contributed by atoms with Crippen LogP contribution in [0, 0.1) is 11.3 Å². The Morgan fingerprint density at radius 1 is 1.06 bits per heavy atom. The number of halogens is 2. The molecule has 1 atom stereocenters. The lowest BCUT2D eigenvalue weighted by molar-refractivity contribution is -0.121. The number of hydrogen-bond acceptors (Lipinski definition) is 6. The summed E-state index contributed by atoms with van der Waals surface area (Å²) in [6.45, 7) is 0. The SMILES string of the molecule is N#CC1C(=O)NC(=O)NN1c1cc(Cl)c(Oc2ccc3c(c2)CCCC(=O)N3)c(Cl)c1. The molecule has 0 saturated carbocycles. The maximum atomic E-state index is 11.9. The third kappa shape index (κ3) is 4.21. The summed E-state index contributed by atoms with van der Waals surface area (Å²) >= 11 is 12.7. The van der Waals surface area contributed by atoms with Crippen molar-refractivity contribution >= 4 is 52.4 Å². The molecule has 1 saturated heterocycles. The minimum Gasteiger partial charge on any atom is -0.454 e. The van der Waals surface area contributed by atoms with Gasteiger partial charge in [-0.1, -0.05) is 23.2 Å². The zero-order valence-electron chi connectivity index (χ0n) is 15.9. The van der Waals surface area contributed by atoms with Crippen LogP contribution in [0.3, 0.4) is 0 Å². The quantitative estimate of drug-likeness (QED) is 0.644. The van der Waals surface area contributed by atoms with Gasteiger partial charge in [-0.3, -0.25) is 19.9 Å². The zero-order valence-corrected chi connectivity index (χ0v) is 17.4. The molecule has 9 nitrogen and oxygen atoms in total. The smallest absolute Gasteiger partial charge is 0.340 e. The van der Waals surface area contributed by atoms with Crippen molar-refractivity contribution in [3.63, 3.8) is 0 Å². The summed E-state index contributed by atoms with van der Waals surface area (Å²) < 4.78 is 5.88. The molecule has 0 radical (unpaired) electrons. The van der Waals surface area contributed by atoms with Crippen LogP contribution in [0.4, 0.5) is 16.2 Å². The maximum Gasteiger partial charge on any atom is 0.340 e. The van der Waals surface area contributed by atoms with Crippen LogP contribution in [0.25, 0.3) is 0 Å². The number of nitrogens with zero attached hydrogens (tertiary/aromatic N) is 2. The van der Waals surface area contributed by atoms with Crippen LogP contribution in [0.5, 0.6) is 11.5 Å². The zero-order chi connectivity index (χ0) is 22.1. The van der Waals surface area contributed by atoms with Gasteiger partial charge in [0.2, 0.25) is 11.9 Å². The molecule has 0 aromatic heterocycles. The first-order chi connectivity index (χ1) is 14.9. The van der Waals surface area contributed by atoms with Gasteiger partial charge in [-0.15, -0.1) is 0 Å². The summed E-state index contributed by atoms with van der Waals surface area (Å²) in [4.78, 5) is 35.3. The van der Waals surface area contributed by atoms with Crippen molar-refractivity contribution in [2.75, 3.05) is 10.3 Å². The Kier molecular flexibility index (Phi) is 5.59. The molecule has 1 unspecified atom stereocenters. The van der Waals surface area contributed by atoms with E-state index in [9.17, 15) is 19.6 Å². The number of nitrogens with one attached hydrogen (secondary N) is 3. The van der Waals surface area contributed by atoms with Crippen LogP contribution >= 0.6 is 23.2 Å². The molecule has 4 amide bonds. The number of fused-ring (bicyclic) bond motifs is 1. The average Bonchev–Trinajstić information content (AvgIpc) is 2.90. The van der Waals surface area contributed by atoms with Gasteiger partial charge in [0.05, 0.1) is 21.8 Å². The minimum atomic E-state index is -1.30. The normalized spacial score (nSPS) is 18.2. The second-order valence-electron chi connectivity index (χ2n) is 6.89. The lowest BCUT2D eigenvalue weighted by Crippen LogP contribution is -2.64. The van der Waals surface area contributed by atoms with Crippen LogP contribution in [-0.2, 0) is 16.0 Å². The first-order valence-electron chi connectivity index (χ1n) is 9.25. The fraction of sp³-hybridized carbons (Fsp3) is 0.200. The largest absolute Gasteiger partial charge is 0.454 e. The number of hydrogen-bond donors (Lipinski definition) is 3. The second kappa shape index (κ2) is 8.34. The maximum absolute atomic E-state index is 11.9. The molecule has 2 aromatic carbocycles. The average molecular weight is 460 g/mol. The Morgan fingerprint density at radius 2 is 1.81 bits per heavy atom. The molecule has 31 heavy (non-hydrogen) atoms. The van der Waals surface area contributed by atoms with E-state index < -0.39 is 18.0 Å². The van der Waals surface area contributed by atoms with E-state index in [1.165, 1.54) is 12.1 Å². The van der Waals surface area contributed by atoms with Gasteiger partial charge in [0, 0.05) is 12.1 Å². The van der Waals surface area contributed by atoms with Crippen molar-refractivity contribution in [1.82, 2.24) is 10.7 Å². The highest BCUT2D eigenvalue weighted by Gasteiger charge is 2.34. The summed E-state index contributed by atoms with van der Waals surface area (Å²) in [7, 11) is 0. The lowest BCUT2D eigenvalue weighted by atomic mass is 10.1. The van der Waals surface area contributed by atoms with E-state index in [0.29, 0.717) is 12.2 Å². The Labute approximate surface area is 186 Å². The van der Waals surface area contributed by atoms with Crippen molar-refractivity contribution in [2.45, 2.75) is 25.3 Å². The van der Waals surface area contributed by atoms with Gasteiger partial charge in [0.15, 0.2) is 5.75 Å². The highest BCUT2D eigenvalue weighted by molar-refractivity contribution is 6.37. The molecule has 2 heterocycles. The molecule has 1 fully saturated rings. The van der Waals surface area contributed by atoms with Gasteiger partial charge < -0.3 is 10.1 Å². The third-order valence-corrected chi connectivity index (χ3v) is 5.33. The monoisotopic (exact) mass is 459 g/mol. The van der Waals surface area contributed by atoms with Crippen molar-refractivity contribution in [1.29, 1.82) is 5.26 Å². The Balaban J connectivity index is 1.62. The minimum absolute atomic E-state index is 0.0248. The van der Waals surface area contributed by atoms with Gasteiger partial charge in [-0.2, -0.15) is 5.26 Å². The number of carbonyl (C=O) groups is 3. The number of urea groups is 1. The molecule has 11 heteroatoms. The summed E-state index contributed by atoms with van der Waals surface area (Å²) in [5, 5.41) is 15.5. The van der Waals surface area contributed by atoms with Crippen LogP contribution in [-0.4, -0.2) is 23.9 Å². The van der Waals surface area contributed by atoms with E-state index in [0.717, 1.165) is 29.1 Å². The van der Waals surface area contributed by atoms with Crippen molar-refractivity contribution in [3.8, 4) is 17.6 Å². The van der Waals surface area contributed by atoms with E-state index in [4.69, 9.17) is 27.9 Å². The topological polar surface area (TPSA) is 124 Å². The number of hydrazine groups is 1. The number of amides is 4. The molecule has 2 aromatic rings. The van der Waals surface area contributed by atoms with Gasteiger partial charge in [0.1, 0.15) is 5.75 Å². The summed E-state index contributed by atoms with van der Waals surface area (Å²) in [5.74, 6) is -0.142. The molecule has 2 aliphatic rings. The standard InChI is InChI=1S/C20H15Cl2N5O4/c21-13-7-11(27-16(9-23)19(29)25-20(30)26-27)8-14(22)18(13)31-12-4-5-15-10(6-12)2-1-3-17(28)24-15/h4-8,16H,1-3H2,(H,24,28)(H2,25,26,29,30). The molecule has 4 rings (SSSR count). The number of anilines is 2. The predicted molar refractivity (Wildman–Crippen MR) is 113 cm³/mol. The fourth-order valence-corrected chi connectivity index (χ4v) is 3.90. The predicted octanol–water partition coefficient (Wildman–Crippen LogP) is 3.51. The van der Waals surface area contributed by atoms with Crippen LogP contribution in [0.1, 0.15) is 18.4 Å². The number of benzene rings is 2. The summed E-state index contributed by atoms with van der Waals surface area (Å²) in [5.41, 5.74) is 4.29. The molecular weight excluding hydrogens is 445 g/mol. The highest BCUT2D eigenvalue weighted by atomic mass is 35.5. The number of ether oxygens (including phenoxy) is 1. The Morgan fingerprint density at radius 3 is 2.52 bits per heavy atom. The molecule has 3 N–H and O–H groups in total. The van der Waals surface area contributed by atoms with Gasteiger partial charge in [-0.25, -0.2) is 10.2 Å². The molecular formula is C20H15Cl2N5O4. The van der Waals surface area contributed by atoms with E-state index in [1.54, 1.807) is 18.2 Å². The first-order valence-corrected chi connectivity index (χ1v) is 10.0. The van der Waals surface area contributed by atoms with Crippen LogP contribution in [0.15, 0.2) is 30.3 Å². The fourth-order valence-electron chi connectivity index (χ4n) is 3.34. The van der Waals surface area contributed by atoms with Gasteiger partial charge in [-0.05, 0) is 48.7 Å². The van der Waals surface area contributed by atoms with Gasteiger partial charge in [0.25, 0.3) is 5.91 Å². The van der Waals surface area contributed by atoms with Crippen LogP contribution in [0.2, 0.25) is 10.0 Å². The number of nitriles is 1. The molecule has 0 spiro atoms. The Hall–Kier alpha value is -3.48. The summed E-state index contributed by atoms with van der Waals surface area (Å²) in [6, 6.07) is 7.83. The molecule has 2 aliphatic heterocycles.